The lowest BCUT2D eigenvalue weighted by atomic mass is 10.3. The summed E-state index contributed by atoms with van der Waals surface area (Å²) in [5.41, 5.74) is 0. The van der Waals surface area contributed by atoms with E-state index in [9.17, 15) is 4.79 Å². The Labute approximate surface area is 94.1 Å². The van der Waals surface area contributed by atoms with Gasteiger partial charge in [0.2, 0.25) is 0 Å². The summed E-state index contributed by atoms with van der Waals surface area (Å²) in [5, 5.41) is 3.18. The van der Waals surface area contributed by atoms with Crippen molar-refractivity contribution in [2.45, 2.75) is 11.2 Å². The van der Waals surface area contributed by atoms with Crippen LogP contribution in [0.4, 0.5) is 0 Å². The standard InChI is InChI=1S/C9H19BrN2O2/c1-12(2)6-4-5-11-7-8(10)9(13)14-3/h8,11H,4-7H2,1-3H3. The number of nitrogens with one attached hydrogen (secondary N) is 1. The number of alkyl halides is 1. The number of ether oxygens (including phenoxy) is 1. The summed E-state index contributed by atoms with van der Waals surface area (Å²) < 4.78 is 4.57. The minimum absolute atomic E-state index is 0.231. The molecule has 0 aromatic rings. The third-order valence-corrected chi connectivity index (χ3v) is 2.44. The number of hydrogen-bond acceptors (Lipinski definition) is 4. The molecule has 0 aliphatic carbocycles. The van der Waals surface area contributed by atoms with E-state index in [1.54, 1.807) is 0 Å². The molecule has 0 aromatic heterocycles. The molecule has 0 bridgehead atoms. The van der Waals surface area contributed by atoms with Crippen LogP contribution in [0.25, 0.3) is 0 Å². The van der Waals surface area contributed by atoms with Crippen LogP contribution in [-0.2, 0) is 9.53 Å². The molecule has 0 radical (unpaired) electrons. The molecule has 0 heterocycles. The van der Waals surface area contributed by atoms with Crippen LogP contribution in [0.3, 0.4) is 0 Å². The van der Waals surface area contributed by atoms with Crippen molar-refractivity contribution in [1.29, 1.82) is 0 Å². The van der Waals surface area contributed by atoms with E-state index in [4.69, 9.17) is 0 Å². The Kier molecular flexibility index (Phi) is 8.12. The lowest BCUT2D eigenvalue weighted by molar-refractivity contribution is -0.139. The Morgan fingerprint density at radius 1 is 1.57 bits per heavy atom. The van der Waals surface area contributed by atoms with E-state index in [2.05, 4.69) is 30.9 Å². The summed E-state index contributed by atoms with van der Waals surface area (Å²) >= 11 is 3.24. The molecule has 0 saturated carbocycles. The van der Waals surface area contributed by atoms with E-state index in [1.165, 1.54) is 7.11 Å². The number of nitrogens with zero attached hydrogens (tertiary/aromatic N) is 1. The van der Waals surface area contributed by atoms with Crippen LogP contribution < -0.4 is 5.32 Å². The van der Waals surface area contributed by atoms with Gasteiger partial charge in [0.05, 0.1) is 7.11 Å². The Bertz CT molecular complexity index is 165. The Morgan fingerprint density at radius 3 is 2.71 bits per heavy atom. The molecular formula is C9H19BrN2O2. The van der Waals surface area contributed by atoms with Gasteiger partial charge in [-0.1, -0.05) is 15.9 Å². The highest BCUT2D eigenvalue weighted by molar-refractivity contribution is 9.10. The quantitative estimate of drug-likeness (QED) is 0.413. The fraction of sp³-hybridized carbons (Fsp3) is 0.889. The van der Waals surface area contributed by atoms with Gasteiger partial charge in [0, 0.05) is 6.54 Å². The maximum Gasteiger partial charge on any atom is 0.320 e. The van der Waals surface area contributed by atoms with Gasteiger partial charge in [-0.2, -0.15) is 0 Å². The highest BCUT2D eigenvalue weighted by Crippen LogP contribution is 1.99. The van der Waals surface area contributed by atoms with Gasteiger partial charge in [-0.3, -0.25) is 4.79 Å². The third kappa shape index (κ3) is 7.29. The lowest BCUT2D eigenvalue weighted by Crippen LogP contribution is -2.31. The number of carbonyl (C=O) groups is 1. The van der Waals surface area contributed by atoms with Gasteiger partial charge in [-0.05, 0) is 33.6 Å². The minimum atomic E-state index is -0.244. The van der Waals surface area contributed by atoms with Gasteiger partial charge in [0.15, 0.2) is 0 Å². The Morgan fingerprint density at radius 2 is 2.21 bits per heavy atom. The normalized spacial score (nSPS) is 12.9. The largest absolute Gasteiger partial charge is 0.468 e. The van der Waals surface area contributed by atoms with Gasteiger partial charge in [-0.15, -0.1) is 0 Å². The van der Waals surface area contributed by atoms with Gasteiger partial charge < -0.3 is 15.0 Å². The van der Waals surface area contributed by atoms with Crippen molar-refractivity contribution >= 4 is 21.9 Å². The van der Waals surface area contributed by atoms with Crippen LogP contribution in [0, 0.1) is 0 Å². The topological polar surface area (TPSA) is 41.6 Å². The maximum absolute atomic E-state index is 11.0. The summed E-state index contributed by atoms with van der Waals surface area (Å²) in [7, 11) is 5.48. The molecule has 14 heavy (non-hydrogen) atoms. The third-order valence-electron chi connectivity index (χ3n) is 1.74. The van der Waals surface area contributed by atoms with Crippen LogP contribution >= 0.6 is 15.9 Å². The molecular weight excluding hydrogens is 248 g/mol. The Balaban J connectivity index is 3.31. The summed E-state index contributed by atoms with van der Waals surface area (Å²) in [5.74, 6) is -0.231. The van der Waals surface area contributed by atoms with E-state index < -0.39 is 0 Å². The van der Waals surface area contributed by atoms with Crippen LogP contribution in [0.2, 0.25) is 0 Å². The molecule has 0 fully saturated rings. The molecule has 0 aliphatic heterocycles. The smallest absolute Gasteiger partial charge is 0.320 e. The van der Waals surface area contributed by atoms with Crippen LogP contribution in [0.15, 0.2) is 0 Å². The van der Waals surface area contributed by atoms with Gasteiger partial charge >= 0.3 is 5.97 Å². The van der Waals surface area contributed by atoms with E-state index in [0.717, 1.165) is 19.5 Å². The molecule has 0 spiro atoms. The van der Waals surface area contributed by atoms with Crippen molar-refractivity contribution in [2.24, 2.45) is 0 Å². The molecule has 0 saturated heterocycles. The first kappa shape index (κ1) is 13.9. The van der Waals surface area contributed by atoms with Crippen molar-refractivity contribution in [3.8, 4) is 0 Å². The number of halogens is 1. The van der Waals surface area contributed by atoms with E-state index in [1.807, 2.05) is 14.1 Å². The van der Waals surface area contributed by atoms with Crippen molar-refractivity contribution in [1.82, 2.24) is 10.2 Å². The molecule has 0 aliphatic rings. The number of hydrogen-bond donors (Lipinski definition) is 1. The second-order valence-corrected chi connectivity index (χ2v) is 4.46. The predicted octanol–water partition coefficient (Wildman–Crippen LogP) is 0.464. The first-order chi connectivity index (χ1) is 6.57. The zero-order chi connectivity index (χ0) is 11.0. The second-order valence-electron chi connectivity index (χ2n) is 3.35. The summed E-state index contributed by atoms with van der Waals surface area (Å²) in [4.78, 5) is 12.9. The van der Waals surface area contributed by atoms with Crippen molar-refractivity contribution in [3.63, 3.8) is 0 Å². The fourth-order valence-corrected chi connectivity index (χ4v) is 1.38. The molecule has 0 aromatic carbocycles. The van der Waals surface area contributed by atoms with Gasteiger partial charge in [0.25, 0.3) is 0 Å². The fourth-order valence-electron chi connectivity index (χ4n) is 0.960. The molecule has 1 atom stereocenters. The van der Waals surface area contributed by atoms with Crippen LogP contribution in [0.5, 0.6) is 0 Å². The molecule has 4 nitrogen and oxygen atoms in total. The monoisotopic (exact) mass is 266 g/mol. The predicted molar refractivity (Wildman–Crippen MR) is 60.8 cm³/mol. The van der Waals surface area contributed by atoms with Crippen molar-refractivity contribution in [3.05, 3.63) is 0 Å². The number of rotatable bonds is 7. The van der Waals surface area contributed by atoms with Gasteiger partial charge in [-0.25, -0.2) is 0 Å². The zero-order valence-electron chi connectivity index (χ0n) is 9.05. The van der Waals surface area contributed by atoms with Crippen molar-refractivity contribution < 1.29 is 9.53 Å². The Hall–Kier alpha value is -0.130. The minimum Gasteiger partial charge on any atom is -0.468 e. The van der Waals surface area contributed by atoms with Crippen LogP contribution in [-0.4, -0.2) is 56.5 Å². The van der Waals surface area contributed by atoms with E-state index in [-0.39, 0.29) is 10.8 Å². The van der Waals surface area contributed by atoms with Crippen molar-refractivity contribution in [2.75, 3.05) is 40.8 Å². The highest BCUT2D eigenvalue weighted by Gasteiger charge is 2.13. The molecule has 84 valence electrons. The molecule has 1 unspecified atom stereocenters. The number of carbonyl (C=O) groups excluding carboxylic acids is 1. The lowest BCUT2D eigenvalue weighted by Gasteiger charge is -2.11. The average Bonchev–Trinajstić information content (AvgIpc) is 2.15. The molecule has 5 heteroatoms. The average molecular weight is 267 g/mol. The first-order valence-corrected chi connectivity index (χ1v) is 5.57. The van der Waals surface area contributed by atoms with E-state index >= 15 is 0 Å². The SMILES string of the molecule is COC(=O)C(Br)CNCCCN(C)C. The number of esters is 1. The second kappa shape index (κ2) is 8.20. The highest BCUT2D eigenvalue weighted by atomic mass is 79.9. The summed E-state index contributed by atoms with van der Waals surface area (Å²) in [6.07, 6.45) is 1.08. The maximum atomic E-state index is 11.0. The van der Waals surface area contributed by atoms with Crippen LogP contribution in [0.1, 0.15) is 6.42 Å². The first-order valence-electron chi connectivity index (χ1n) is 4.65. The zero-order valence-corrected chi connectivity index (χ0v) is 10.6. The van der Waals surface area contributed by atoms with Gasteiger partial charge in [0.1, 0.15) is 4.83 Å². The summed E-state index contributed by atoms with van der Waals surface area (Å²) in [6.45, 7) is 2.58. The molecule has 0 rings (SSSR count). The van der Waals surface area contributed by atoms with E-state index in [0.29, 0.717) is 6.54 Å². The molecule has 0 amide bonds. The molecule has 1 N–H and O–H groups in total. The summed E-state index contributed by atoms with van der Waals surface area (Å²) in [6, 6.07) is 0. The number of methoxy groups -OCH3 is 1.